The lowest BCUT2D eigenvalue weighted by Crippen LogP contribution is -2.36. The minimum absolute atomic E-state index is 0.257. The van der Waals surface area contributed by atoms with Crippen LogP contribution in [0.5, 0.6) is 5.75 Å². The SMILES string of the molecule is COc1ccc(C(=O)NC(C=O)CCCCN)cc1. The lowest BCUT2D eigenvalue weighted by molar-refractivity contribution is -0.109. The number of ether oxygens (including phenoxy) is 1. The van der Waals surface area contributed by atoms with E-state index in [9.17, 15) is 9.59 Å². The van der Waals surface area contributed by atoms with Crippen molar-refractivity contribution in [1.29, 1.82) is 0 Å². The summed E-state index contributed by atoms with van der Waals surface area (Å²) in [7, 11) is 1.56. The Morgan fingerprint density at radius 2 is 2.05 bits per heavy atom. The van der Waals surface area contributed by atoms with Gasteiger partial charge < -0.3 is 20.6 Å². The number of methoxy groups -OCH3 is 1. The molecule has 5 nitrogen and oxygen atoms in total. The summed E-state index contributed by atoms with van der Waals surface area (Å²) in [5.41, 5.74) is 5.89. The van der Waals surface area contributed by atoms with Crippen molar-refractivity contribution in [3.8, 4) is 5.75 Å². The molecule has 0 saturated carbocycles. The number of nitrogens with one attached hydrogen (secondary N) is 1. The summed E-state index contributed by atoms with van der Waals surface area (Å²) in [5, 5.41) is 2.69. The minimum Gasteiger partial charge on any atom is -0.497 e. The lowest BCUT2D eigenvalue weighted by Gasteiger charge is -2.12. The van der Waals surface area contributed by atoms with Crippen LogP contribution in [0, 0.1) is 0 Å². The number of hydrogen-bond donors (Lipinski definition) is 2. The number of aldehydes is 1. The predicted octanol–water partition coefficient (Wildman–Crippen LogP) is 1.12. The van der Waals surface area contributed by atoms with Gasteiger partial charge in [-0.2, -0.15) is 0 Å². The highest BCUT2D eigenvalue weighted by molar-refractivity contribution is 5.95. The molecular formula is C14H20N2O3. The molecule has 104 valence electrons. The van der Waals surface area contributed by atoms with E-state index in [1.54, 1.807) is 31.4 Å². The number of carbonyl (C=O) groups excluding carboxylic acids is 2. The van der Waals surface area contributed by atoms with Crippen molar-refractivity contribution in [2.75, 3.05) is 13.7 Å². The van der Waals surface area contributed by atoms with Crippen molar-refractivity contribution in [2.24, 2.45) is 5.73 Å². The normalized spacial score (nSPS) is 11.7. The second kappa shape index (κ2) is 8.26. The summed E-state index contributed by atoms with van der Waals surface area (Å²) in [4.78, 5) is 22.8. The van der Waals surface area contributed by atoms with Crippen molar-refractivity contribution in [1.82, 2.24) is 5.32 Å². The number of unbranched alkanes of at least 4 members (excludes halogenated alkanes) is 1. The zero-order chi connectivity index (χ0) is 14.1. The molecule has 1 unspecified atom stereocenters. The average molecular weight is 264 g/mol. The first kappa shape index (κ1) is 15.2. The molecule has 1 amide bonds. The highest BCUT2D eigenvalue weighted by Crippen LogP contribution is 2.11. The van der Waals surface area contributed by atoms with Gasteiger partial charge in [-0.25, -0.2) is 0 Å². The summed E-state index contributed by atoms with van der Waals surface area (Å²) in [6.45, 7) is 0.595. The zero-order valence-corrected chi connectivity index (χ0v) is 11.1. The van der Waals surface area contributed by atoms with Crippen molar-refractivity contribution in [3.05, 3.63) is 29.8 Å². The van der Waals surface area contributed by atoms with Gasteiger partial charge in [0, 0.05) is 5.56 Å². The molecule has 0 heterocycles. The fraction of sp³-hybridized carbons (Fsp3) is 0.429. The Morgan fingerprint density at radius 1 is 1.37 bits per heavy atom. The number of rotatable bonds is 8. The molecule has 0 radical (unpaired) electrons. The second-order valence-corrected chi connectivity index (χ2v) is 4.23. The topological polar surface area (TPSA) is 81.4 Å². The van der Waals surface area contributed by atoms with Crippen LogP contribution in [0.2, 0.25) is 0 Å². The third kappa shape index (κ3) is 5.09. The van der Waals surface area contributed by atoms with E-state index >= 15 is 0 Å². The Balaban J connectivity index is 2.53. The largest absolute Gasteiger partial charge is 0.497 e. The van der Waals surface area contributed by atoms with Crippen molar-refractivity contribution in [3.63, 3.8) is 0 Å². The van der Waals surface area contributed by atoms with E-state index in [4.69, 9.17) is 10.5 Å². The van der Waals surface area contributed by atoms with E-state index < -0.39 is 6.04 Å². The monoisotopic (exact) mass is 264 g/mol. The molecule has 0 fully saturated rings. The average Bonchev–Trinajstić information content (AvgIpc) is 2.46. The maximum atomic E-state index is 11.9. The summed E-state index contributed by atoms with van der Waals surface area (Å²) >= 11 is 0. The standard InChI is InChI=1S/C14H20N2O3/c1-19-13-7-5-11(6-8-13)14(18)16-12(10-17)4-2-3-9-15/h5-8,10,12H,2-4,9,15H2,1H3,(H,16,18). The Morgan fingerprint density at radius 3 is 2.58 bits per heavy atom. The first-order chi connectivity index (χ1) is 9.21. The molecule has 3 N–H and O–H groups in total. The van der Waals surface area contributed by atoms with Crippen LogP contribution in [0.25, 0.3) is 0 Å². The van der Waals surface area contributed by atoms with Crippen molar-refractivity contribution < 1.29 is 14.3 Å². The molecule has 0 aromatic heterocycles. The molecular weight excluding hydrogens is 244 g/mol. The third-order valence-corrected chi connectivity index (χ3v) is 2.80. The first-order valence-corrected chi connectivity index (χ1v) is 6.31. The molecule has 0 aliphatic rings. The van der Waals surface area contributed by atoms with Gasteiger partial charge >= 0.3 is 0 Å². The Hall–Kier alpha value is -1.88. The van der Waals surface area contributed by atoms with Crippen LogP contribution in [0.1, 0.15) is 29.6 Å². The van der Waals surface area contributed by atoms with Gasteiger partial charge in [-0.15, -0.1) is 0 Å². The minimum atomic E-state index is -0.457. The van der Waals surface area contributed by atoms with E-state index in [0.717, 1.165) is 19.1 Å². The van der Waals surface area contributed by atoms with Crippen LogP contribution >= 0.6 is 0 Å². The third-order valence-electron chi connectivity index (χ3n) is 2.80. The molecule has 1 aromatic rings. The van der Waals surface area contributed by atoms with Gasteiger partial charge in [0.25, 0.3) is 5.91 Å². The first-order valence-electron chi connectivity index (χ1n) is 6.31. The summed E-state index contributed by atoms with van der Waals surface area (Å²) in [5.74, 6) is 0.430. The van der Waals surface area contributed by atoms with Gasteiger partial charge in [0.05, 0.1) is 13.2 Å². The summed E-state index contributed by atoms with van der Waals surface area (Å²) in [6.07, 6.45) is 3.05. The Labute approximate surface area is 113 Å². The summed E-state index contributed by atoms with van der Waals surface area (Å²) < 4.78 is 5.02. The molecule has 1 rings (SSSR count). The zero-order valence-electron chi connectivity index (χ0n) is 11.1. The van der Waals surface area contributed by atoms with Crippen LogP contribution in [-0.2, 0) is 4.79 Å². The highest BCUT2D eigenvalue weighted by Gasteiger charge is 2.12. The molecule has 0 spiro atoms. The van der Waals surface area contributed by atoms with E-state index in [0.29, 0.717) is 24.3 Å². The molecule has 0 saturated heterocycles. The van der Waals surface area contributed by atoms with E-state index in [-0.39, 0.29) is 5.91 Å². The number of amides is 1. The number of benzene rings is 1. The van der Waals surface area contributed by atoms with Crippen LogP contribution in [0.4, 0.5) is 0 Å². The number of carbonyl (C=O) groups is 2. The van der Waals surface area contributed by atoms with Gasteiger partial charge in [0.2, 0.25) is 0 Å². The fourth-order valence-electron chi connectivity index (χ4n) is 1.68. The maximum absolute atomic E-state index is 11.9. The van der Waals surface area contributed by atoms with Crippen molar-refractivity contribution in [2.45, 2.75) is 25.3 Å². The molecule has 0 aliphatic heterocycles. The molecule has 19 heavy (non-hydrogen) atoms. The van der Waals surface area contributed by atoms with Crippen LogP contribution < -0.4 is 15.8 Å². The second-order valence-electron chi connectivity index (χ2n) is 4.23. The predicted molar refractivity (Wildman–Crippen MR) is 73.2 cm³/mol. The van der Waals surface area contributed by atoms with E-state index in [2.05, 4.69) is 5.32 Å². The Kier molecular flexibility index (Phi) is 6.60. The van der Waals surface area contributed by atoms with Gasteiger partial charge in [-0.3, -0.25) is 4.79 Å². The number of hydrogen-bond acceptors (Lipinski definition) is 4. The molecule has 1 atom stereocenters. The maximum Gasteiger partial charge on any atom is 0.251 e. The molecule has 0 bridgehead atoms. The smallest absolute Gasteiger partial charge is 0.251 e. The fourth-order valence-corrected chi connectivity index (χ4v) is 1.68. The van der Waals surface area contributed by atoms with Crippen LogP contribution in [0.3, 0.4) is 0 Å². The lowest BCUT2D eigenvalue weighted by atomic mass is 10.1. The van der Waals surface area contributed by atoms with Gasteiger partial charge in [0.15, 0.2) is 0 Å². The number of nitrogens with two attached hydrogens (primary N) is 1. The molecule has 0 aliphatic carbocycles. The van der Waals surface area contributed by atoms with Crippen molar-refractivity contribution >= 4 is 12.2 Å². The quantitative estimate of drug-likeness (QED) is 0.544. The van der Waals surface area contributed by atoms with Gasteiger partial charge in [0.1, 0.15) is 12.0 Å². The summed E-state index contributed by atoms with van der Waals surface area (Å²) in [6, 6.07) is 6.28. The van der Waals surface area contributed by atoms with Gasteiger partial charge in [-0.05, 0) is 50.1 Å². The van der Waals surface area contributed by atoms with Crippen LogP contribution in [0.15, 0.2) is 24.3 Å². The van der Waals surface area contributed by atoms with E-state index in [1.165, 1.54) is 0 Å². The molecule has 1 aromatic carbocycles. The van der Waals surface area contributed by atoms with Gasteiger partial charge in [-0.1, -0.05) is 0 Å². The Bertz CT molecular complexity index is 404. The highest BCUT2D eigenvalue weighted by atomic mass is 16.5. The van der Waals surface area contributed by atoms with E-state index in [1.807, 2.05) is 0 Å². The van der Waals surface area contributed by atoms with Crippen LogP contribution in [-0.4, -0.2) is 31.9 Å². The molecule has 5 heteroatoms.